The second-order valence-electron chi connectivity index (χ2n) is 3.49. The maximum atomic E-state index is 10.5. The van der Waals surface area contributed by atoms with Crippen LogP contribution in [0.4, 0.5) is 0 Å². The van der Waals surface area contributed by atoms with Gasteiger partial charge in [0.15, 0.2) is 0 Å². The number of hydrogen-bond donors (Lipinski definition) is 0. The molecular formula is C9H13ClN2O3. The molecule has 2 heterocycles. The highest BCUT2D eigenvalue weighted by Crippen LogP contribution is 2.12. The van der Waals surface area contributed by atoms with Crippen molar-refractivity contribution in [3.63, 3.8) is 0 Å². The first kappa shape index (κ1) is 12.0. The lowest BCUT2D eigenvalue weighted by Crippen LogP contribution is -2.17. The lowest BCUT2D eigenvalue weighted by atomic mass is 10.4. The largest absolute Gasteiger partial charge is 0.346 e. The molecule has 2 rings (SSSR count). The third-order valence-electron chi connectivity index (χ3n) is 2.30. The molecule has 0 aromatic heterocycles. The molecule has 0 aromatic carbocycles. The van der Waals surface area contributed by atoms with Crippen LogP contribution in [0.5, 0.6) is 0 Å². The molecule has 0 radical (unpaired) electrons. The first-order valence-electron chi connectivity index (χ1n) is 4.78. The summed E-state index contributed by atoms with van der Waals surface area (Å²) in [5.74, 6) is -0.298. The molecule has 0 saturated carbocycles. The van der Waals surface area contributed by atoms with Crippen LogP contribution in [0.3, 0.4) is 0 Å². The van der Waals surface area contributed by atoms with E-state index in [1.807, 2.05) is 7.05 Å². The molecule has 2 saturated heterocycles. The number of rotatable bonds is 0. The van der Waals surface area contributed by atoms with E-state index in [-0.39, 0.29) is 24.7 Å². The van der Waals surface area contributed by atoms with Gasteiger partial charge in [0.05, 0.1) is 0 Å². The van der Waals surface area contributed by atoms with Gasteiger partial charge in [0.2, 0.25) is 17.7 Å². The number of carbonyl (C=O) groups is 3. The first-order valence-corrected chi connectivity index (χ1v) is 5.11. The Balaban J connectivity index is 0.000000151. The van der Waals surface area contributed by atoms with E-state index in [1.54, 1.807) is 4.90 Å². The summed E-state index contributed by atoms with van der Waals surface area (Å²) in [6.07, 6.45) is 2.34. The van der Waals surface area contributed by atoms with Crippen LogP contribution >= 0.6 is 11.8 Å². The maximum Gasteiger partial charge on any atom is 0.244 e. The summed E-state index contributed by atoms with van der Waals surface area (Å²) in [5.41, 5.74) is 0. The summed E-state index contributed by atoms with van der Waals surface area (Å²) < 4.78 is 0.639. The Kier molecular flexibility index (Phi) is 4.08. The predicted molar refractivity (Wildman–Crippen MR) is 53.8 cm³/mol. The Hall–Kier alpha value is -1.10. The van der Waals surface area contributed by atoms with Crippen molar-refractivity contribution in [2.75, 3.05) is 13.6 Å². The number of amides is 3. The van der Waals surface area contributed by atoms with Gasteiger partial charge in [-0.25, -0.2) is 0 Å². The molecule has 84 valence electrons. The number of carbonyl (C=O) groups excluding carboxylic acids is 3. The number of halogens is 1. The SMILES string of the molecule is CN1CCCC1=O.O=C1CCC(=O)N1Cl. The van der Waals surface area contributed by atoms with Crippen LogP contribution in [0.1, 0.15) is 25.7 Å². The Bertz CT molecular complexity index is 277. The first-order chi connectivity index (χ1) is 7.02. The van der Waals surface area contributed by atoms with Gasteiger partial charge >= 0.3 is 0 Å². The lowest BCUT2D eigenvalue weighted by Gasteiger charge is -2.03. The van der Waals surface area contributed by atoms with Crippen molar-refractivity contribution < 1.29 is 14.4 Å². The standard InChI is InChI=1S/C5H9NO.C4H4ClNO2/c1-6-4-2-3-5(6)7;5-6-3(7)1-2-4(6)8/h2-4H2,1H3;1-2H2. The van der Waals surface area contributed by atoms with E-state index < -0.39 is 0 Å². The normalized spacial score (nSPS) is 20.8. The fourth-order valence-corrected chi connectivity index (χ4v) is 1.50. The molecule has 6 heteroatoms. The second kappa shape index (κ2) is 5.11. The van der Waals surface area contributed by atoms with Crippen molar-refractivity contribution in [3.8, 4) is 0 Å². The molecule has 3 amide bonds. The van der Waals surface area contributed by atoms with Gasteiger partial charge in [-0.05, 0) is 6.42 Å². The molecule has 0 spiro atoms. The van der Waals surface area contributed by atoms with Gasteiger partial charge in [0.25, 0.3) is 0 Å². The van der Waals surface area contributed by atoms with Crippen LogP contribution in [-0.2, 0) is 14.4 Å². The fraction of sp³-hybridized carbons (Fsp3) is 0.667. The predicted octanol–water partition coefficient (Wildman–Crippen LogP) is 0.528. The van der Waals surface area contributed by atoms with Gasteiger partial charge in [0.1, 0.15) is 0 Å². The number of hydrogen-bond acceptors (Lipinski definition) is 3. The van der Waals surface area contributed by atoms with Gasteiger partial charge in [-0.1, -0.05) is 0 Å². The van der Waals surface area contributed by atoms with Crippen molar-refractivity contribution in [1.82, 2.24) is 9.32 Å². The molecule has 0 bridgehead atoms. The molecule has 2 aliphatic rings. The van der Waals surface area contributed by atoms with Gasteiger partial charge in [0, 0.05) is 44.6 Å². The molecule has 0 N–H and O–H groups in total. The summed E-state index contributed by atoms with van der Waals surface area (Å²) in [7, 11) is 1.84. The van der Waals surface area contributed by atoms with Gasteiger partial charge in [-0.3, -0.25) is 14.4 Å². The zero-order valence-electron chi connectivity index (χ0n) is 8.53. The Morgan fingerprint density at radius 3 is 1.67 bits per heavy atom. The zero-order valence-corrected chi connectivity index (χ0v) is 9.29. The van der Waals surface area contributed by atoms with E-state index in [0.29, 0.717) is 10.3 Å². The molecule has 5 nitrogen and oxygen atoms in total. The smallest absolute Gasteiger partial charge is 0.244 e. The van der Waals surface area contributed by atoms with E-state index in [1.165, 1.54) is 0 Å². The van der Waals surface area contributed by atoms with E-state index in [2.05, 4.69) is 0 Å². The topological polar surface area (TPSA) is 57.7 Å². The zero-order chi connectivity index (χ0) is 11.4. The highest BCUT2D eigenvalue weighted by atomic mass is 35.5. The summed E-state index contributed by atoms with van der Waals surface area (Å²) in [6, 6.07) is 0. The highest BCUT2D eigenvalue weighted by Gasteiger charge is 2.26. The quantitative estimate of drug-likeness (QED) is 0.452. The number of imide groups is 1. The van der Waals surface area contributed by atoms with Crippen LogP contribution in [0.2, 0.25) is 0 Å². The average molecular weight is 233 g/mol. The minimum atomic E-state index is -0.295. The Labute approximate surface area is 93.1 Å². The molecule has 0 unspecified atom stereocenters. The van der Waals surface area contributed by atoms with Crippen molar-refractivity contribution >= 4 is 29.5 Å². The molecule has 0 aromatic rings. The van der Waals surface area contributed by atoms with E-state index >= 15 is 0 Å². The number of nitrogens with zero attached hydrogens (tertiary/aromatic N) is 2. The van der Waals surface area contributed by atoms with Crippen molar-refractivity contribution in [2.24, 2.45) is 0 Å². The van der Waals surface area contributed by atoms with Gasteiger partial charge in [-0.15, -0.1) is 0 Å². The summed E-state index contributed by atoms with van der Waals surface area (Å²) in [6.45, 7) is 0.957. The fourth-order valence-electron chi connectivity index (χ4n) is 1.33. The van der Waals surface area contributed by atoms with Crippen molar-refractivity contribution in [3.05, 3.63) is 0 Å². The lowest BCUT2D eigenvalue weighted by molar-refractivity contribution is -0.132. The second-order valence-corrected chi connectivity index (χ2v) is 3.83. The van der Waals surface area contributed by atoms with E-state index in [9.17, 15) is 14.4 Å². The van der Waals surface area contributed by atoms with Crippen LogP contribution in [0, 0.1) is 0 Å². The van der Waals surface area contributed by atoms with Crippen LogP contribution in [0.15, 0.2) is 0 Å². The minimum absolute atomic E-state index is 0.266. The molecule has 0 atom stereocenters. The minimum Gasteiger partial charge on any atom is -0.346 e. The summed E-state index contributed by atoms with van der Waals surface area (Å²) in [5, 5.41) is 0. The Morgan fingerprint density at radius 1 is 1.00 bits per heavy atom. The van der Waals surface area contributed by atoms with E-state index in [4.69, 9.17) is 11.8 Å². The van der Waals surface area contributed by atoms with Crippen molar-refractivity contribution in [1.29, 1.82) is 0 Å². The van der Waals surface area contributed by atoms with Crippen molar-refractivity contribution in [2.45, 2.75) is 25.7 Å². The molecule has 0 aliphatic carbocycles. The third-order valence-corrected chi connectivity index (χ3v) is 2.68. The average Bonchev–Trinajstić information content (AvgIpc) is 2.70. The highest BCUT2D eigenvalue weighted by molar-refractivity contribution is 6.32. The van der Waals surface area contributed by atoms with Crippen LogP contribution < -0.4 is 0 Å². The summed E-state index contributed by atoms with van der Waals surface area (Å²) >= 11 is 5.15. The summed E-state index contributed by atoms with van der Waals surface area (Å²) in [4.78, 5) is 33.0. The number of likely N-dealkylation sites (tertiary alicyclic amines) is 1. The molecule has 2 fully saturated rings. The van der Waals surface area contributed by atoms with Crippen LogP contribution in [-0.4, -0.2) is 40.6 Å². The van der Waals surface area contributed by atoms with Crippen LogP contribution in [0.25, 0.3) is 0 Å². The van der Waals surface area contributed by atoms with Gasteiger partial charge < -0.3 is 4.90 Å². The molecular weight excluding hydrogens is 220 g/mol. The third kappa shape index (κ3) is 3.20. The monoisotopic (exact) mass is 232 g/mol. The molecule has 2 aliphatic heterocycles. The molecule has 15 heavy (non-hydrogen) atoms. The van der Waals surface area contributed by atoms with E-state index in [0.717, 1.165) is 19.4 Å². The Morgan fingerprint density at radius 2 is 1.53 bits per heavy atom. The van der Waals surface area contributed by atoms with Gasteiger partial charge in [-0.2, -0.15) is 4.42 Å². The maximum absolute atomic E-state index is 10.5.